The highest BCUT2D eigenvalue weighted by molar-refractivity contribution is 14.1. The number of amides is 1. The standard InChI is InChI=1S/C30H26Cl2I2N4O5S/c1-3-41-29(40)26-16(2)36-30(44)37-27(26)21-6-4-5-7-24(21)42-15-25(39)38-35-13-18-10-20(33)12-23(34)28(18)43-14-17-8-9-19(31)11-22(17)32/h4-13,27H,3,14-15H2,1-2H3,(H,38,39)(H2,36,37,44)/t27-/m1/s1. The third-order valence-electron chi connectivity index (χ3n) is 6.17. The monoisotopic (exact) mass is 878 g/mol. The SMILES string of the molecule is CCOC(=O)C1=C(C)NC(=S)N[C@@H]1c1ccccc1OCC(=O)NN=Cc1cc(I)cc(I)c1OCc1ccc(Cl)cc1Cl. The maximum atomic E-state index is 12.8. The molecule has 3 N–H and O–H groups in total. The molecule has 3 aromatic carbocycles. The molecule has 0 fully saturated rings. The summed E-state index contributed by atoms with van der Waals surface area (Å²) >= 11 is 22.0. The number of hydrazone groups is 1. The Morgan fingerprint density at radius 3 is 2.64 bits per heavy atom. The Balaban J connectivity index is 1.44. The molecule has 1 heterocycles. The van der Waals surface area contributed by atoms with Crippen LogP contribution in [0.5, 0.6) is 11.5 Å². The summed E-state index contributed by atoms with van der Waals surface area (Å²) < 4.78 is 19.1. The number of nitrogens with one attached hydrogen (secondary N) is 3. The summed E-state index contributed by atoms with van der Waals surface area (Å²) in [5.41, 5.74) is 5.50. The molecule has 3 aromatic rings. The van der Waals surface area contributed by atoms with Gasteiger partial charge in [-0.05, 0) is 102 Å². The van der Waals surface area contributed by atoms with Crippen LogP contribution in [0, 0.1) is 7.14 Å². The van der Waals surface area contributed by atoms with Crippen molar-refractivity contribution in [1.29, 1.82) is 0 Å². The van der Waals surface area contributed by atoms with Crippen molar-refractivity contribution < 1.29 is 23.8 Å². The predicted molar refractivity (Wildman–Crippen MR) is 191 cm³/mol. The van der Waals surface area contributed by atoms with E-state index in [1.54, 1.807) is 56.3 Å². The maximum Gasteiger partial charge on any atom is 0.338 e. The molecule has 1 aliphatic rings. The van der Waals surface area contributed by atoms with E-state index in [9.17, 15) is 9.59 Å². The molecule has 1 aliphatic heterocycles. The van der Waals surface area contributed by atoms with E-state index in [-0.39, 0.29) is 19.8 Å². The Labute approximate surface area is 297 Å². The van der Waals surface area contributed by atoms with Crippen LogP contribution in [-0.2, 0) is 20.9 Å². The van der Waals surface area contributed by atoms with Gasteiger partial charge in [0.1, 0.15) is 18.1 Å². The number of nitrogens with zero attached hydrogens (tertiary/aromatic N) is 1. The summed E-state index contributed by atoms with van der Waals surface area (Å²) in [5.74, 6) is 0.0163. The number of thiocarbonyl (C=S) groups is 1. The van der Waals surface area contributed by atoms with Gasteiger partial charge in [0, 0.05) is 36.0 Å². The molecule has 1 amide bonds. The Morgan fingerprint density at radius 1 is 1.11 bits per heavy atom. The fraction of sp³-hybridized carbons (Fsp3) is 0.200. The molecule has 230 valence electrons. The van der Waals surface area contributed by atoms with Gasteiger partial charge in [-0.2, -0.15) is 5.10 Å². The van der Waals surface area contributed by atoms with Crippen molar-refractivity contribution in [1.82, 2.24) is 16.1 Å². The summed E-state index contributed by atoms with van der Waals surface area (Å²) in [6.45, 7) is 3.59. The molecular formula is C30H26Cl2I2N4O5S. The lowest BCUT2D eigenvalue weighted by Crippen LogP contribution is -2.45. The minimum atomic E-state index is -0.635. The van der Waals surface area contributed by atoms with E-state index >= 15 is 0 Å². The minimum Gasteiger partial charge on any atom is -0.487 e. The molecule has 4 rings (SSSR count). The van der Waals surface area contributed by atoms with Crippen LogP contribution in [0.25, 0.3) is 0 Å². The quantitative estimate of drug-likeness (QED) is 0.0646. The first-order chi connectivity index (χ1) is 21.1. The molecule has 0 saturated heterocycles. The van der Waals surface area contributed by atoms with Crippen molar-refractivity contribution in [3.05, 3.63) is 99.7 Å². The van der Waals surface area contributed by atoms with E-state index in [0.29, 0.717) is 49.1 Å². The highest BCUT2D eigenvalue weighted by Crippen LogP contribution is 2.34. The first-order valence-corrected chi connectivity index (χ1v) is 16.4. The number of ether oxygens (including phenoxy) is 3. The van der Waals surface area contributed by atoms with Gasteiger partial charge in [-0.1, -0.05) is 47.5 Å². The molecule has 0 aliphatic carbocycles. The molecule has 0 radical (unpaired) electrons. The van der Waals surface area contributed by atoms with Gasteiger partial charge in [0.25, 0.3) is 5.91 Å². The average molecular weight is 879 g/mol. The van der Waals surface area contributed by atoms with Gasteiger partial charge in [-0.3, -0.25) is 4.79 Å². The van der Waals surface area contributed by atoms with Crippen LogP contribution in [0.2, 0.25) is 10.0 Å². The molecule has 14 heteroatoms. The number of esters is 1. The van der Waals surface area contributed by atoms with Gasteiger partial charge in [-0.25, -0.2) is 10.2 Å². The lowest BCUT2D eigenvalue weighted by atomic mass is 9.95. The zero-order chi connectivity index (χ0) is 31.8. The van der Waals surface area contributed by atoms with Crippen LogP contribution >= 0.6 is 80.6 Å². The second-order valence-electron chi connectivity index (χ2n) is 9.24. The van der Waals surface area contributed by atoms with E-state index in [1.165, 1.54) is 6.21 Å². The largest absolute Gasteiger partial charge is 0.487 e. The smallest absolute Gasteiger partial charge is 0.338 e. The molecule has 9 nitrogen and oxygen atoms in total. The molecule has 0 spiro atoms. The summed E-state index contributed by atoms with van der Waals surface area (Å²) in [5, 5.41) is 11.6. The van der Waals surface area contributed by atoms with Crippen molar-refractivity contribution in [3.8, 4) is 11.5 Å². The number of hydrogen-bond donors (Lipinski definition) is 3. The molecular weight excluding hydrogens is 853 g/mol. The lowest BCUT2D eigenvalue weighted by Gasteiger charge is -2.30. The zero-order valence-electron chi connectivity index (χ0n) is 23.4. The van der Waals surface area contributed by atoms with Crippen molar-refractivity contribution in [3.63, 3.8) is 0 Å². The van der Waals surface area contributed by atoms with E-state index < -0.39 is 17.9 Å². The van der Waals surface area contributed by atoms with Crippen LogP contribution in [-0.4, -0.2) is 36.4 Å². The summed E-state index contributed by atoms with van der Waals surface area (Å²) in [7, 11) is 0. The maximum absolute atomic E-state index is 12.8. The second kappa shape index (κ2) is 16.1. The van der Waals surface area contributed by atoms with Gasteiger partial charge >= 0.3 is 5.97 Å². The Bertz CT molecular complexity index is 1650. The van der Waals surface area contributed by atoms with Crippen molar-refractivity contribution in [2.75, 3.05) is 13.2 Å². The van der Waals surface area contributed by atoms with Crippen LogP contribution < -0.4 is 25.5 Å². The van der Waals surface area contributed by atoms with E-state index in [1.807, 2.05) is 12.1 Å². The van der Waals surface area contributed by atoms with E-state index in [0.717, 1.165) is 12.7 Å². The van der Waals surface area contributed by atoms with E-state index in [2.05, 4.69) is 66.3 Å². The first-order valence-electron chi connectivity index (χ1n) is 13.1. The van der Waals surface area contributed by atoms with Crippen LogP contribution in [0.1, 0.15) is 36.6 Å². The number of hydrogen-bond acceptors (Lipinski definition) is 7. The topological polar surface area (TPSA) is 110 Å². The van der Waals surface area contributed by atoms with E-state index in [4.69, 9.17) is 49.6 Å². The number of carbonyl (C=O) groups is 2. The van der Waals surface area contributed by atoms with Gasteiger partial charge in [0.2, 0.25) is 0 Å². The van der Waals surface area contributed by atoms with Crippen molar-refractivity contribution in [2.24, 2.45) is 5.10 Å². The Morgan fingerprint density at radius 2 is 1.89 bits per heavy atom. The van der Waals surface area contributed by atoms with Crippen LogP contribution in [0.3, 0.4) is 0 Å². The minimum absolute atomic E-state index is 0.219. The molecule has 0 unspecified atom stereocenters. The third kappa shape index (κ3) is 8.96. The summed E-state index contributed by atoms with van der Waals surface area (Å²) in [4.78, 5) is 25.5. The number of benzene rings is 3. The zero-order valence-corrected chi connectivity index (χ0v) is 30.0. The van der Waals surface area contributed by atoms with Gasteiger partial charge in [0.05, 0.1) is 28.0 Å². The Kier molecular flexibility index (Phi) is 12.5. The van der Waals surface area contributed by atoms with Crippen molar-refractivity contribution in [2.45, 2.75) is 26.5 Å². The van der Waals surface area contributed by atoms with Gasteiger partial charge in [-0.15, -0.1) is 0 Å². The first kappa shape index (κ1) is 34.2. The average Bonchev–Trinajstić information content (AvgIpc) is 2.96. The second-order valence-corrected chi connectivity index (χ2v) is 12.9. The van der Waals surface area contributed by atoms with Crippen LogP contribution in [0.4, 0.5) is 0 Å². The number of para-hydroxylation sites is 1. The third-order valence-corrected chi connectivity index (χ3v) is 8.40. The normalized spacial score (nSPS) is 14.6. The molecule has 0 aromatic heterocycles. The summed E-state index contributed by atoms with van der Waals surface area (Å²) in [6, 6.07) is 15.5. The molecule has 0 saturated carbocycles. The highest BCUT2D eigenvalue weighted by Gasteiger charge is 2.32. The van der Waals surface area contributed by atoms with Crippen LogP contribution in [0.15, 0.2) is 71.0 Å². The number of carbonyl (C=O) groups excluding carboxylic acids is 2. The highest BCUT2D eigenvalue weighted by atomic mass is 127. The van der Waals surface area contributed by atoms with Gasteiger partial charge in [0.15, 0.2) is 11.7 Å². The lowest BCUT2D eigenvalue weighted by molar-refractivity contribution is -0.139. The Hall–Kier alpha value is -2.66. The number of rotatable bonds is 11. The molecule has 44 heavy (non-hydrogen) atoms. The fourth-order valence-corrected chi connectivity index (χ4v) is 7.00. The fourth-order valence-electron chi connectivity index (χ4n) is 4.22. The van der Waals surface area contributed by atoms with Gasteiger partial charge < -0.3 is 24.8 Å². The molecule has 1 atom stereocenters. The number of allylic oxidation sites excluding steroid dienone is 1. The van der Waals surface area contributed by atoms with Crippen molar-refractivity contribution >= 4 is 104 Å². The summed E-state index contributed by atoms with van der Waals surface area (Å²) in [6.07, 6.45) is 1.51. The number of halogens is 4. The predicted octanol–water partition coefficient (Wildman–Crippen LogP) is 6.67. The molecule has 0 bridgehead atoms.